The van der Waals surface area contributed by atoms with E-state index in [1.807, 2.05) is 30.3 Å². The first-order chi connectivity index (χ1) is 13.7. The number of piperazine rings is 1. The molecule has 1 fully saturated rings. The van der Waals surface area contributed by atoms with Crippen molar-refractivity contribution in [1.82, 2.24) is 9.47 Å². The van der Waals surface area contributed by atoms with Crippen LogP contribution in [0.3, 0.4) is 0 Å². The molecule has 28 heavy (non-hydrogen) atoms. The number of hydrogen-bond donors (Lipinski definition) is 0. The number of methoxy groups -OCH3 is 1. The minimum atomic E-state index is -0.330. The lowest BCUT2D eigenvalue weighted by Gasteiger charge is -2.36. The Balaban J connectivity index is 1.34. The molecule has 2 heterocycles. The van der Waals surface area contributed by atoms with Crippen LogP contribution in [0.1, 0.15) is 5.56 Å². The van der Waals surface area contributed by atoms with Crippen molar-refractivity contribution < 1.29 is 9.15 Å². The number of oxazole rings is 1. The van der Waals surface area contributed by atoms with Gasteiger partial charge in [0.05, 0.1) is 18.3 Å². The minimum Gasteiger partial charge on any atom is -0.495 e. The Bertz CT molecular complexity index is 1040. The van der Waals surface area contributed by atoms with Gasteiger partial charge < -0.3 is 14.1 Å². The van der Waals surface area contributed by atoms with E-state index in [-0.39, 0.29) is 5.76 Å². The number of rotatable bonds is 5. The van der Waals surface area contributed by atoms with E-state index in [9.17, 15) is 4.79 Å². The van der Waals surface area contributed by atoms with Gasteiger partial charge in [-0.2, -0.15) is 0 Å². The van der Waals surface area contributed by atoms with Gasteiger partial charge in [-0.25, -0.2) is 4.79 Å². The van der Waals surface area contributed by atoms with E-state index < -0.39 is 0 Å². The Morgan fingerprint density at radius 3 is 2.68 bits per heavy atom. The van der Waals surface area contributed by atoms with Crippen LogP contribution in [0.25, 0.3) is 17.2 Å². The van der Waals surface area contributed by atoms with Gasteiger partial charge in [-0.05, 0) is 29.8 Å². The number of anilines is 1. The van der Waals surface area contributed by atoms with Crippen molar-refractivity contribution in [1.29, 1.82) is 0 Å². The maximum atomic E-state index is 11.6. The number of benzene rings is 2. The summed E-state index contributed by atoms with van der Waals surface area (Å²) in [4.78, 5) is 16.4. The lowest BCUT2D eigenvalue weighted by molar-refractivity contribution is 0.283. The smallest absolute Gasteiger partial charge is 0.419 e. The van der Waals surface area contributed by atoms with Gasteiger partial charge in [0.1, 0.15) is 5.75 Å². The van der Waals surface area contributed by atoms with Gasteiger partial charge in [-0.1, -0.05) is 30.4 Å². The van der Waals surface area contributed by atoms with E-state index in [4.69, 9.17) is 9.15 Å². The third-order valence-electron chi connectivity index (χ3n) is 5.29. The number of para-hydroxylation sites is 2. The highest BCUT2D eigenvalue weighted by Crippen LogP contribution is 2.28. The summed E-state index contributed by atoms with van der Waals surface area (Å²) in [5.41, 5.74) is 3.64. The molecule has 1 saturated heterocycles. The number of hydrogen-bond acceptors (Lipinski definition) is 5. The molecule has 146 valence electrons. The molecule has 0 radical (unpaired) electrons. The van der Waals surface area contributed by atoms with Crippen LogP contribution in [0, 0.1) is 0 Å². The van der Waals surface area contributed by atoms with Crippen molar-refractivity contribution in [3.8, 4) is 5.75 Å². The molecule has 1 aromatic heterocycles. The second-order valence-electron chi connectivity index (χ2n) is 7.02. The average molecular weight is 379 g/mol. The molecule has 6 nitrogen and oxygen atoms in total. The molecular formula is C22H25N3O3. The molecule has 0 amide bonds. The first-order valence-electron chi connectivity index (χ1n) is 9.52. The zero-order valence-electron chi connectivity index (χ0n) is 16.3. The first-order valence-corrected chi connectivity index (χ1v) is 9.52. The molecule has 3 aromatic rings. The van der Waals surface area contributed by atoms with Gasteiger partial charge in [-0.3, -0.25) is 9.47 Å². The maximum Gasteiger partial charge on any atom is 0.419 e. The highest BCUT2D eigenvalue weighted by Gasteiger charge is 2.18. The van der Waals surface area contributed by atoms with Gasteiger partial charge >= 0.3 is 5.76 Å². The quantitative estimate of drug-likeness (QED) is 0.682. The van der Waals surface area contributed by atoms with Crippen LogP contribution >= 0.6 is 0 Å². The fourth-order valence-electron chi connectivity index (χ4n) is 3.65. The molecule has 0 bridgehead atoms. The lowest BCUT2D eigenvalue weighted by atomic mass is 10.2. The zero-order chi connectivity index (χ0) is 19.5. The molecular weight excluding hydrogens is 354 g/mol. The van der Waals surface area contributed by atoms with Crippen LogP contribution in [0.2, 0.25) is 0 Å². The second kappa shape index (κ2) is 7.94. The summed E-state index contributed by atoms with van der Waals surface area (Å²) < 4.78 is 12.3. The van der Waals surface area contributed by atoms with E-state index in [0.717, 1.165) is 55.2 Å². The third-order valence-corrected chi connectivity index (χ3v) is 5.29. The topological polar surface area (TPSA) is 50.9 Å². The van der Waals surface area contributed by atoms with Gasteiger partial charge in [0.2, 0.25) is 0 Å². The molecule has 4 rings (SSSR count). The number of nitrogens with zero attached hydrogens (tertiary/aromatic N) is 3. The zero-order valence-corrected chi connectivity index (χ0v) is 16.3. The normalized spacial score (nSPS) is 15.6. The number of fused-ring (bicyclic) bond motifs is 1. The number of aryl methyl sites for hydroxylation is 1. The maximum absolute atomic E-state index is 11.6. The van der Waals surface area contributed by atoms with Crippen LogP contribution < -0.4 is 15.4 Å². The summed E-state index contributed by atoms with van der Waals surface area (Å²) in [6.07, 6.45) is 4.25. The molecule has 1 aliphatic rings. The fraction of sp³-hybridized carbons (Fsp3) is 0.318. The average Bonchev–Trinajstić information content (AvgIpc) is 3.01. The monoisotopic (exact) mass is 379 g/mol. The Kier molecular flexibility index (Phi) is 5.21. The van der Waals surface area contributed by atoms with Crippen molar-refractivity contribution in [2.75, 3.05) is 44.7 Å². The molecule has 0 spiro atoms. The van der Waals surface area contributed by atoms with E-state index in [2.05, 4.69) is 34.1 Å². The van der Waals surface area contributed by atoms with Crippen molar-refractivity contribution in [3.05, 3.63) is 64.7 Å². The van der Waals surface area contributed by atoms with E-state index in [1.54, 1.807) is 14.2 Å². The summed E-state index contributed by atoms with van der Waals surface area (Å²) >= 11 is 0. The molecule has 0 aliphatic carbocycles. The highest BCUT2D eigenvalue weighted by atomic mass is 16.5. The Morgan fingerprint density at radius 1 is 1.11 bits per heavy atom. The van der Waals surface area contributed by atoms with Crippen molar-refractivity contribution in [3.63, 3.8) is 0 Å². The van der Waals surface area contributed by atoms with Gasteiger partial charge in [0, 0.05) is 39.8 Å². The first kappa shape index (κ1) is 18.4. The summed E-state index contributed by atoms with van der Waals surface area (Å²) in [7, 11) is 3.44. The van der Waals surface area contributed by atoms with Crippen LogP contribution in [0.4, 0.5) is 5.69 Å². The van der Waals surface area contributed by atoms with Crippen LogP contribution in [0.5, 0.6) is 5.75 Å². The predicted molar refractivity (Wildman–Crippen MR) is 112 cm³/mol. The van der Waals surface area contributed by atoms with E-state index in [0.29, 0.717) is 5.58 Å². The molecule has 0 atom stereocenters. The van der Waals surface area contributed by atoms with E-state index >= 15 is 0 Å². The standard InChI is InChI=1S/C22H25N3O3/c1-23-18-10-9-17(16-21(18)28-22(23)26)6-5-11-24-12-14-25(15-13-24)19-7-3-4-8-20(19)27-2/h3-10,16H,11-15H2,1-2H3. The summed E-state index contributed by atoms with van der Waals surface area (Å²) in [6, 6.07) is 14.0. The van der Waals surface area contributed by atoms with Gasteiger partial charge in [-0.15, -0.1) is 0 Å². The van der Waals surface area contributed by atoms with Crippen molar-refractivity contribution >= 4 is 22.9 Å². The molecule has 0 saturated carbocycles. The Hall–Kier alpha value is -2.99. The minimum absolute atomic E-state index is 0.330. The Labute approximate surface area is 164 Å². The van der Waals surface area contributed by atoms with E-state index in [1.165, 1.54) is 4.57 Å². The Morgan fingerprint density at radius 2 is 1.89 bits per heavy atom. The predicted octanol–water partition coefficient (Wildman–Crippen LogP) is 2.98. The summed E-state index contributed by atoms with van der Waals surface area (Å²) in [5, 5.41) is 0. The van der Waals surface area contributed by atoms with Crippen molar-refractivity contribution in [2.24, 2.45) is 7.05 Å². The molecule has 0 N–H and O–H groups in total. The molecule has 2 aromatic carbocycles. The number of ether oxygens (including phenoxy) is 1. The molecule has 6 heteroatoms. The van der Waals surface area contributed by atoms with Gasteiger partial charge in [0.25, 0.3) is 0 Å². The largest absolute Gasteiger partial charge is 0.495 e. The molecule has 0 unspecified atom stereocenters. The van der Waals surface area contributed by atoms with Gasteiger partial charge in [0.15, 0.2) is 5.58 Å². The van der Waals surface area contributed by atoms with Crippen LogP contribution in [-0.4, -0.2) is 49.3 Å². The fourth-order valence-corrected chi connectivity index (χ4v) is 3.65. The second-order valence-corrected chi connectivity index (χ2v) is 7.02. The lowest BCUT2D eigenvalue weighted by Crippen LogP contribution is -2.46. The highest BCUT2D eigenvalue weighted by molar-refractivity contribution is 5.76. The van der Waals surface area contributed by atoms with Crippen molar-refractivity contribution in [2.45, 2.75) is 0 Å². The SMILES string of the molecule is COc1ccccc1N1CCN(CC=Cc2ccc3c(c2)oc(=O)n3C)CC1. The summed E-state index contributed by atoms with van der Waals surface area (Å²) in [5.74, 6) is 0.600. The van der Waals surface area contributed by atoms with Crippen LogP contribution in [-0.2, 0) is 7.05 Å². The number of aromatic nitrogens is 1. The van der Waals surface area contributed by atoms with Crippen LogP contribution in [0.15, 0.2) is 57.8 Å². The third kappa shape index (κ3) is 3.68. The summed E-state index contributed by atoms with van der Waals surface area (Å²) in [6.45, 7) is 4.88. The molecule has 1 aliphatic heterocycles.